The Balaban J connectivity index is 2.36. The number of fused-ring (bicyclic) bond motifs is 1. The number of carboxylic acid groups (broad SMARTS) is 1. The molecule has 1 aromatic heterocycles. The normalized spacial score (nSPS) is 12.1. The number of aliphatic hydroxyl groups is 1. The Bertz CT molecular complexity index is 722. The number of amides is 1. The highest BCUT2D eigenvalue weighted by atomic mass is 16.4. The predicted octanol–water partition coefficient (Wildman–Crippen LogP) is -0.297. The van der Waals surface area contributed by atoms with Gasteiger partial charge < -0.3 is 20.5 Å². The van der Waals surface area contributed by atoms with E-state index >= 15 is 0 Å². The monoisotopic (exact) mass is 276 g/mol. The van der Waals surface area contributed by atoms with Crippen molar-refractivity contribution in [2.24, 2.45) is 0 Å². The van der Waals surface area contributed by atoms with Crippen molar-refractivity contribution in [3.05, 3.63) is 46.2 Å². The van der Waals surface area contributed by atoms with Gasteiger partial charge in [-0.2, -0.15) is 0 Å². The van der Waals surface area contributed by atoms with Crippen LogP contribution in [0.15, 0.2) is 35.1 Å². The predicted molar refractivity (Wildman–Crippen MR) is 70.5 cm³/mol. The lowest BCUT2D eigenvalue weighted by molar-refractivity contribution is -0.140. The number of carbonyl (C=O) groups is 2. The number of rotatable bonds is 4. The fourth-order valence-corrected chi connectivity index (χ4v) is 1.74. The topological polar surface area (TPSA) is 119 Å². The highest BCUT2D eigenvalue weighted by Crippen LogP contribution is 2.07. The van der Waals surface area contributed by atoms with E-state index in [0.29, 0.717) is 10.9 Å². The number of H-pyrrole nitrogens is 1. The van der Waals surface area contributed by atoms with Gasteiger partial charge in [0.05, 0.1) is 6.61 Å². The molecule has 1 heterocycles. The van der Waals surface area contributed by atoms with E-state index in [1.54, 1.807) is 24.3 Å². The number of aliphatic hydroxyl groups excluding tert-OH is 1. The second kappa shape index (κ2) is 5.54. The van der Waals surface area contributed by atoms with Crippen LogP contribution in [0.4, 0.5) is 0 Å². The van der Waals surface area contributed by atoms with Crippen LogP contribution < -0.4 is 10.7 Å². The molecule has 0 aliphatic heterocycles. The van der Waals surface area contributed by atoms with Gasteiger partial charge in [0, 0.05) is 17.0 Å². The molecule has 7 nitrogen and oxygen atoms in total. The summed E-state index contributed by atoms with van der Waals surface area (Å²) < 4.78 is 0. The molecule has 0 saturated carbocycles. The van der Waals surface area contributed by atoms with Crippen LogP contribution in [0.3, 0.4) is 0 Å². The molecule has 0 saturated heterocycles. The number of nitrogens with one attached hydrogen (secondary N) is 2. The van der Waals surface area contributed by atoms with Crippen LogP contribution in [0.5, 0.6) is 0 Å². The Morgan fingerprint density at radius 2 is 2.00 bits per heavy atom. The molecule has 7 heteroatoms. The van der Waals surface area contributed by atoms with E-state index in [1.807, 2.05) is 0 Å². The minimum absolute atomic E-state index is 0.0617. The number of hydrogen-bond acceptors (Lipinski definition) is 4. The summed E-state index contributed by atoms with van der Waals surface area (Å²) in [5.74, 6) is -2.13. The fraction of sp³-hybridized carbons (Fsp3) is 0.154. The average Bonchev–Trinajstić information content (AvgIpc) is 2.44. The Labute approximate surface area is 112 Å². The quantitative estimate of drug-likeness (QED) is 0.611. The molecular weight excluding hydrogens is 264 g/mol. The van der Waals surface area contributed by atoms with E-state index in [4.69, 9.17) is 10.2 Å². The summed E-state index contributed by atoms with van der Waals surface area (Å²) in [6, 6.07) is 6.32. The molecule has 1 aromatic carbocycles. The van der Waals surface area contributed by atoms with Crippen molar-refractivity contribution >= 4 is 22.8 Å². The van der Waals surface area contributed by atoms with Crippen molar-refractivity contribution in [3.8, 4) is 0 Å². The molecule has 0 bridgehead atoms. The van der Waals surface area contributed by atoms with E-state index in [-0.39, 0.29) is 11.1 Å². The number of carboxylic acids is 1. The van der Waals surface area contributed by atoms with Gasteiger partial charge in [-0.3, -0.25) is 9.59 Å². The lowest BCUT2D eigenvalue weighted by atomic mass is 10.2. The molecule has 2 aromatic rings. The Hall–Kier alpha value is -2.67. The number of para-hydroxylation sites is 1. The zero-order chi connectivity index (χ0) is 14.7. The van der Waals surface area contributed by atoms with Crippen LogP contribution in [0, 0.1) is 0 Å². The Kier molecular flexibility index (Phi) is 3.81. The first-order valence-electron chi connectivity index (χ1n) is 5.79. The Morgan fingerprint density at radius 1 is 1.30 bits per heavy atom. The second-order valence-electron chi connectivity index (χ2n) is 4.14. The minimum atomic E-state index is -1.42. The molecule has 0 radical (unpaired) electrons. The molecule has 2 rings (SSSR count). The maximum atomic E-state index is 11.9. The number of pyridine rings is 1. The summed E-state index contributed by atoms with van der Waals surface area (Å²) in [7, 11) is 0. The molecule has 0 unspecified atom stereocenters. The SMILES string of the molecule is O=C(N[C@H](CO)C(=O)O)c1cc(=O)c2ccccc2[nH]1. The summed E-state index contributed by atoms with van der Waals surface area (Å²) >= 11 is 0. The third-order valence-electron chi connectivity index (χ3n) is 2.77. The van der Waals surface area contributed by atoms with Crippen LogP contribution in [-0.2, 0) is 4.79 Å². The molecule has 1 atom stereocenters. The molecule has 0 spiro atoms. The van der Waals surface area contributed by atoms with Crippen molar-refractivity contribution in [2.75, 3.05) is 6.61 Å². The smallest absolute Gasteiger partial charge is 0.328 e. The zero-order valence-corrected chi connectivity index (χ0v) is 10.3. The standard InChI is InChI=1S/C13H12N2O5/c16-6-10(13(19)20)15-12(18)9-5-11(17)7-3-1-2-4-8(7)14-9/h1-5,10,16H,6H2,(H,14,17)(H,15,18)(H,19,20)/t10-/m1/s1. The average molecular weight is 276 g/mol. The Morgan fingerprint density at radius 3 is 2.65 bits per heavy atom. The lowest BCUT2D eigenvalue weighted by Gasteiger charge is -2.11. The maximum absolute atomic E-state index is 11.9. The van der Waals surface area contributed by atoms with Crippen molar-refractivity contribution in [3.63, 3.8) is 0 Å². The number of benzene rings is 1. The van der Waals surface area contributed by atoms with Crippen LogP contribution in [0.25, 0.3) is 10.9 Å². The van der Waals surface area contributed by atoms with Gasteiger partial charge in [0.2, 0.25) is 0 Å². The molecule has 0 fully saturated rings. The number of aliphatic carboxylic acids is 1. The number of aromatic nitrogens is 1. The zero-order valence-electron chi connectivity index (χ0n) is 10.3. The first kappa shape index (κ1) is 13.8. The van der Waals surface area contributed by atoms with Crippen LogP contribution in [0.2, 0.25) is 0 Å². The highest BCUT2D eigenvalue weighted by molar-refractivity contribution is 5.96. The summed E-state index contributed by atoms with van der Waals surface area (Å²) in [4.78, 5) is 37.2. The van der Waals surface area contributed by atoms with Gasteiger partial charge in [0.1, 0.15) is 5.69 Å². The van der Waals surface area contributed by atoms with Gasteiger partial charge in [0.15, 0.2) is 11.5 Å². The van der Waals surface area contributed by atoms with Gasteiger partial charge in [-0.05, 0) is 12.1 Å². The maximum Gasteiger partial charge on any atom is 0.328 e. The second-order valence-corrected chi connectivity index (χ2v) is 4.14. The van der Waals surface area contributed by atoms with Crippen molar-refractivity contribution in [1.29, 1.82) is 0 Å². The van der Waals surface area contributed by atoms with Crippen LogP contribution in [0.1, 0.15) is 10.5 Å². The first-order chi connectivity index (χ1) is 9.52. The molecular formula is C13H12N2O5. The summed E-state index contributed by atoms with van der Waals surface area (Å²) in [5, 5.41) is 20.1. The summed E-state index contributed by atoms with van der Waals surface area (Å²) in [6.07, 6.45) is 0. The van der Waals surface area contributed by atoms with Gasteiger partial charge >= 0.3 is 5.97 Å². The summed E-state index contributed by atoms with van der Waals surface area (Å²) in [6.45, 7) is -0.737. The molecule has 104 valence electrons. The molecule has 1 amide bonds. The van der Waals surface area contributed by atoms with Crippen molar-refractivity contribution < 1.29 is 19.8 Å². The van der Waals surface area contributed by atoms with E-state index in [1.165, 1.54) is 0 Å². The van der Waals surface area contributed by atoms with E-state index in [9.17, 15) is 14.4 Å². The molecule has 20 heavy (non-hydrogen) atoms. The highest BCUT2D eigenvalue weighted by Gasteiger charge is 2.20. The fourth-order valence-electron chi connectivity index (χ4n) is 1.74. The first-order valence-corrected chi connectivity index (χ1v) is 5.79. The third kappa shape index (κ3) is 2.67. The number of aromatic amines is 1. The number of hydrogen-bond donors (Lipinski definition) is 4. The molecule has 0 aliphatic carbocycles. The summed E-state index contributed by atoms with van der Waals surface area (Å²) in [5.41, 5.74) is 0.0646. The van der Waals surface area contributed by atoms with Gasteiger partial charge in [-0.25, -0.2) is 4.79 Å². The molecule has 4 N–H and O–H groups in total. The van der Waals surface area contributed by atoms with Gasteiger partial charge in [-0.1, -0.05) is 12.1 Å². The van der Waals surface area contributed by atoms with E-state index < -0.39 is 24.5 Å². The lowest BCUT2D eigenvalue weighted by Crippen LogP contribution is -2.43. The minimum Gasteiger partial charge on any atom is -0.480 e. The van der Waals surface area contributed by atoms with Gasteiger partial charge in [0.25, 0.3) is 5.91 Å². The van der Waals surface area contributed by atoms with Crippen molar-refractivity contribution in [1.82, 2.24) is 10.3 Å². The molecule has 0 aliphatic rings. The largest absolute Gasteiger partial charge is 0.480 e. The third-order valence-corrected chi connectivity index (χ3v) is 2.77. The van der Waals surface area contributed by atoms with Crippen LogP contribution in [-0.4, -0.2) is 39.7 Å². The van der Waals surface area contributed by atoms with Crippen LogP contribution >= 0.6 is 0 Å². The van der Waals surface area contributed by atoms with E-state index in [2.05, 4.69) is 10.3 Å². The number of carbonyl (C=O) groups excluding carboxylic acids is 1. The van der Waals surface area contributed by atoms with Crippen molar-refractivity contribution in [2.45, 2.75) is 6.04 Å². The van der Waals surface area contributed by atoms with Gasteiger partial charge in [-0.15, -0.1) is 0 Å². The van der Waals surface area contributed by atoms with E-state index in [0.717, 1.165) is 6.07 Å².